The minimum atomic E-state index is -0.474. The summed E-state index contributed by atoms with van der Waals surface area (Å²) in [5.41, 5.74) is 2.03. The van der Waals surface area contributed by atoms with Crippen LogP contribution in [-0.4, -0.2) is 17.1 Å². The lowest BCUT2D eigenvalue weighted by Crippen LogP contribution is -2.28. The van der Waals surface area contributed by atoms with Crippen molar-refractivity contribution in [1.82, 2.24) is 0 Å². The summed E-state index contributed by atoms with van der Waals surface area (Å²) in [6.07, 6.45) is 1.99. The second kappa shape index (κ2) is 5.53. The van der Waals surface area contributed by atoms with E-state index in [0.717, 1.165) is 24.9 Å². The lowest BCUT2D eigenvalue weighted by atomic mass is 10.0. The Bertz CT molecular complexity index is 428. The van der Waals surface area contributed by atoms with Gasteiger partial charge in [0.1, 0.15) is 0 Å². The van der Waals surface area contributed by atoms with Crippen molar-refractivity contribution in [3.8, 4) is 0 Å². The highest BCUT2D eigenvalue weighted by Crippen LogP contribution is 2.27. The predicted molar refractivity (Wildman–Crippen MR) is 72.5 cm³/mol. The number of benzene rings is 1. The van der Waals surface area contributed by atoms with Crippen LogP contribution < -0.4 is 5.32 Å². The molecule has 18 heavy (non-hydrogen) atoms. The predicted octanol–water partition coefficient (Wildman–Crippen LogP) is 2.91. The fourth-order valence-electron chi connectivity index (χ4n) is 2.46. The molecule has 1 fully saturated rings. The van der Waals surface area contributed by atoms with E-state index >= 15 is 0 Å². The largest absolute Gasteiger partial charge is 0.392 e. The number of nitrogens with one attached hydrogen (secondary N) is 1. The van der Waals surface area contributed by atoms with E-state index in [1.807, 2.05) is 18.2 Å². The number of anilines is 1. The van der Waals surface area contributed by atoms with Gasteiger partial charge in [0.05, 0.1) is 12.0 Å². The van der Waals surface area contributed by atoms with Crippen molar-refractivity contribution in [2.24, 2.45) is 5.92 Å². The molecule has 2 N–H and O–H groups in total. The maximum absolute atomic E-state index is 12.0. The van der Waals surface area contributed by atoms with Gasteiger partial charge in [0, 0.05) is 5.69 Å². The molecule has 0 aromatic heterocycles. The number of hydrogen-bond donors (Lipinski definition) is 2. The molecule has 2 rings (SSSR count). The molecule has 1 aliphatic rings. The Kier molecular flexibility index (Phi) is 4.02. The van der Waals surface area contributed by atoms with Crippen LogP contribution in [0.25, 0.3) is 0 Å². The van der Waals surface area contributed by atoms with E-state index in [9.17, 15) is 9.90 Å². The average molecular weight is 247 g/mol. The van der Waals surface area contributed by atoms with E-state index in [0.29, 0.717) is 5.92 Å². The van der Waals surface area contributed by atoms with Gasteiger partial charge in [-0.3, -0.25) is 4.79 Å². The third-order valence-corrected chi connectivity index (χ3v) is 3.64. The molecule has 2 unspecified atom stereocenters. The van der Waals surface area contributed by atoms with Gasteiger partial charge in [-0.15, -0.1) is 0 Å². The zero-order valence-electron chi connectivity index (χ0n) is 11.0. The zero-order valence-corrected chi connectivity index (χ0v) is 11.0. The van der Waals surface area contributed by atoms with Gasteiger partial charge in [0.25, 0.3) is 0 Å². The molecule has 98 valence electrons. The second-order valence-electron chi connectivity index (χ2n) is 5.37. The molecule has 0 aliphatic heterocycles. The van der Waals surface area contributed by atoms with Crippen molar-refractivity contribution in [2.45, 2.75) is 45.1 Å². The molecule has 1 aromatic carbocycles. The van der Waals surface area contributed by atoms with Gasteiger partial charge < -0.3 is 10.4 Å². The number of aliphatic hydroxyl groups is 1. The lowest BCUT2D eigenvalue weighted by Gasteiger charge is -2.15. The second-order valence-corrected chi connectivity index (χ2v) is 5.37. The van der Waals surface area contributed by atoms with Crippen molar-refractivity contribution in [1.29, 1.82) is 0 Å². The summed E-state index contributed by atoms with van der Waals surface area (Å²) < 4.78 is 0. The normalized spacial score (nSPS) is 23.3. The van der Waals surface area contributed by atoms with Crippen LogP contribution in [-0.2, 0) is 4.79 Å². The first kappa shape index (κ1) is 13.1. The zero-order chi connectivity index (χ0) is 13.1. The minimum absolute atomic E-state index is 0.0547. The van der Waals surface area contributed by atoms with Crippen LogP contribution in [0.5, 0.6) is 0 Å². The Morgan fingerprint density at radius 1 is 1.39 bits per heavy atom. The van der Waals surface area contributed by atoms with E-state index < -0.39 is 6.10 Å². The van der Waals surface area contributed by atoms with Crippen LogP contribution in [0, 0.1) is 5.92 Å². The smallest absolute Gasteiger partial charge is 0.230 e. The molecular weight excluding hydrogens is 226 g/mol. The van der Waals surface area contributed by atoms with E-state index in [4.69, 9.17) is 0 Å². The fourth-order valence-corrected chi connectivity index (χ4v) is 2.46. The summed E-state index contributed by atoms with van der Waals surface area (Å²) in [6.45, 7) is 4.25. The molecule has 0 bridgehead atoms. The van der Waals surface area contributed by atoms with E-state index in [1.54, 1.807) is 0 Å². The van der Waals surface area contributed by atoms with Crippen molar-refractivity contribution < 1.29 is 9.90 Å². The van der Waals surface area contributed by atoms with Gasteiger partial charge in [-0.1, -0.05) is 26.0 Å². The van der Waals surface area contributed by atoms with Crippen molar-refractivity contribution in [3.63, 3.8) is 0 Å². The summed E-state index contributed by atoms with van der Waals surface area (Å²) in [4.78, 5) is 12.0. The first-order valence-electron chi connectivity index (χ1n) is 6.67. The van der Waals surface area contributed by atoms with Crippen LogP contribution in [0.3, 0.4) is 0 Å². The Balaban J connectivity index is 2.04. The maximum atomic E-state index is 12.0. The van der Waals surface area contributed by atoms with Gasteiger partial charge in [-0.25, -0.2) is 0 Å². The van der Waals surface area contributed by atoms with Gasteiger partial charge in [-0.2, -0.15) is 0 Å². The number of aliphatic hydroxyl groups excluding tert-OH is 1. The monoisotopic (exact) mass is 247 g/mol. The highest BCUT2D eigenvalue weighted by Gasteiger charge is 2.31. The number of carbonyl (C=O) groups is 1. The van der Waals surface area contributed by atoms with Gasteiger partial charge in [-0.05, 0) is 42.9 Å². The number of carbonyl (C=O) groups excluding carboxylic acids is 1. The standard InChI is InChI=1S/C15H21NO2/c1-10(2)11-5-3-6-12(9-11)16-15(18)13-7-4-8-14(13)17/h3,5-6,9-10,13-14,17H,4,7-8H2,1-2H3,(H,16,18). The molecular formula is C15H21NO2. The highest BCUT2D eigenvalue weighted by molar-refractivity contribution is 5.93. The van der Waals surface area contributed by atoms with Crippen LogP contribution in [0.1, 0.15) is 44.6 Å². The molecule has 0 spiro atoms. The molecule has 0 radical (unpaired) electrons. The summed E-state index contributed by atoms with van der Waals surface area (Å²) in [5, 5.41) is 12.6. The molecule has 2 atom stereocenters. The summed E-state index contributed by atoms with van der Waals surface area (Å²) in [7, 11) is 0. The van der Waals surface area contributed by atoms with Gasteiger partial charge >= 0.3 is 0 Å². The van der Waals surface area contributed by atoms with Crippen LogP contribution in [0.4, 0.5) is 5.69 Å². The van der Waals surface area contributed by atoms with E-state index in [1.165, 1.54) is 5.56 Å². The molecule has 1 aliphatic carbocycles. The van der Waals surface area contributed by atoms with Crippen LogP contribution in [0.15, 0.2) is 24.3 Å². The number of rotatable bonds is 3. The molecule has 1 amide bonds. The van der Waals surface area contributed by atoms with Crippen molar-refractivity contribution in [3.05, 3.63) is 29.8 Å². The Labute approximate surface area is 108 Å². The van der Waals surface area contributed by atoms with Crippen molar-refractivity contribution in [2.75, 3.05) is 5.32 Å². The third-order valence-electron chi connectivity index (χ3n) is 3.64. The molecule has 3 heteroatoms. The quantitative estimate of drug-likeness (QED) is 0.862. The van der Waals surface area contributed by atoms with Crippen LogP contribution in [0.2, 0.25) is 0 Å². The molecule has 0 saturated heterocycles. The molecule has 1 aromatic rings. The first-order chi connectivity index (χ1) is 8.58. The highest BCUT2D eigenvalue weighted by atomic mass is 16.3. The van der Waals surface area contributed by atoms with E-state index in [-0.39, 0.29) is 11.8 Å². The molecule has 1 saturated carbocycles. The number of amides is 1. The third kappa shape index (κ3) is 2.91. The summed E-state index contributed by atoms with van der Waals surface area (Å²) >= 11 is 0. The van der Waals surface area contributed by atoms with Gasteiger partial charge in [0.15, 0.2) is 0 Å². The number of hydrogen-bond acceptors (Lipinski definition) is 2. The Morgan fingerprint density at radius 2 is 2.17 bits per heavy atom. The summed E-state index contributed by atoms with van der Waals surface area (Å²) in [5.74, 6) is 0.146. The first-order valence-corrected chi connectivity index (χ1v) is 6.67. The average Bonchev–Trinajstić information content (AvgIpc) is 2.76. The van der Waals surface area contributed by atoms with Crippen molar-refractivity contribution >= 4 is 11.6 Å². The molecule has 0 heterocycles. The lowest BCUT2D eigenvalue weighted by molar-refractivity contribution is -0.122. The van der Waals surface area contributed by atoms with E-state index in [2.05, 4.69) is 25.2 Å². The fraction of sp³-hybridized carbons (Fsp3) is 0.533. The van der Waals surface area contributed by atoms with Gasteiger partial charge in [0.2, 0.25) is 5.91 Å². The SMILES string of the molecule is CC(C)c1cccc(NC(=O)C2CCCC2O)c1. The topological polar surface area (TPSA) is 49.3 Å². The Hall–Kier alpha value is -1.35. The minimum Gasteiger partial charge on any atom is -0.392 e. The Morgan fingerprint density at radius 3 is 2.78 bits per heavy atom. The van der Waals surface area contributed by atoms with Crippen LogP contribution >= 0.6 is 0 Å². The summed E-state index contributed by atoms with van der Waals surface area (Å²) in [6, 6.07) is 7.91. The molecule has 3 nitrogen and oxygen atoms in total. The maximum Gasteiger partial charge on any atom is 0.230 e.